The molecule has 5 N–H and O–H groups in total. The molecule has 0 spiro atoms. The van der Waals surface area contributed by atoms with E-state index < -0.39 is 64.4 Å². The van der Waals surface area contributed by atoms with Crippen molar-refractivity contribution in [1.29, 1.82) is 0 Å². The molecule has 3 aliphatic carbocycles. The lowest BCUT2D eigenvalue weighted by molar-refractivity contribution is -0.181. The first-order chi connectivity index (χ1) is 23.7. The van der Waals surface area contributed by atoms with E-state index >= 15 is 0 Å². The zero-order valence-electron chi connectivity index (χ0n) is 28.0. The first kappa shape index (κ1) is 35.1. The van der Waals surface area contributed by atoms with Crippen molar-refractivity contribution >= 4 is 46.6 Å². The summed E-state index contributed by atoms with van der Waals surface area (Å²) in [7, 11) is 4.44. The number of phenols is 1. The van der Waals surface area contributed by atoms with Crippen LogP contribution in [-0.4, -0.2) is 113 Å². The maximum atomic E-state index is 14.0. The number of methoxy groups -OCH3 is 1. The number of nitrogens with zero attached hydrogens (tertiary/aromatic N) is 2. The Balaban J connectivity index is 1.24. The van der Waals surface area contributed by atoms with Gasteiger partial charge in [0.15, 0.2) is 34.7 Å². The lowest BCUT2D eigenvalue weighted by atomic mass is 9.52. The SMILES string of the molecule is COC(=O)C1CCN(CC(=O)Nc2ccc(-c3ccc(O)c4c3CC3CC5C(N(C)C)C(=O)C(C(N)=O)C(=O)C5(O)C(=O)C3C4=O)cc2)CC1. The van der Waals surface area contributed by atoms with Crippen LogP contribution in [0.25, 0.3) is 11.1 Å². The summed E-state index contributed by atoms with van der Waals surface area (Å²) in [5, 5.41) is 25.5. The maximum absolute atomic E-state index is 14.0. The Labute approximate surface area is 287 Å². The van der Waals surface area contributed by atoms with Gasteiger partial charge in [-0.2, -0.15) is 0 Å². The third kappa shape index (κ3) is 5.70. The lowest BCUT2D eigenvalue weighted by Crippen LogP contribution is -2.74. The first-order valence-corrected chi connectivity index (χ1v) is 16.6. The number of primary amides is 1. The lowest BCUT2D eigenvalue weighted by Gasteiger charge is -2.52. The summed E-state index contributed by atoms with van der Waals surface area (Å²) in [5.74, 6) is -11.7. The molecule has 1 aliphatic heterocycles. The average Bonchev–Trinajstić information content (AvgIpc) is 3.06. The molecule has 0 radical (unpaired) electrons. The molecular weight excluding hydrogens is 648 g/mol. The summed E-state index contributed by atoms with van der Waals surface area (Å²) in [6.45, 7) is 1.36. The van der Waals surface area contributed by atoms with Gasteiger partial charge in [0.05, 0.1) is 37.1 Å². The Bertz CT molecular complexity index is 1800. The van der Waals surface area contributed by atoms with Crippen LogP contribution < -0.4 is 11.1 Å². The number of likely N-dealkylation sites (tertiary alicyclic amines) is 1. The quantitative estimate of drug-likeness (QED) is 0.229. The summed E-state index contributed by atoms with van der Waals surface area (Å²) >= 11 is 0. The van der Waals surface area contributed by atoms with Crippen LogP contribution in [0.1, 0.15) is 35.2 Å². The number of hydrogen-bond donors (Lipinski definition) is 4. The number of ketones is 4. The normalized spacial score (nSPS) is 28.5. The summed E-state index contributed by atoms with van der Waals surface area (Å²) < 4.78 is 4.82. The van der Waals surface area contributed by atoms with Crippen LogP contribution in [0, 0.1) is 29.6 Å². The summed E-state index contributed by atoms with van der Waals surface area (Å²) in [6, 6.07) is 8.75. The van der Waals surface area contributed by atoms with Gasteiger partial charge in [-0.15, -0.1) is 0 Å². The number of phenolic OH excluding ortho intramolecular Hbond substituents is 1. The van der Waals surface area contributed by atoms with Gasteiger partial charge in [0.25, 0.3) is 0 Å². The highest BCUT2D eigenvalue weighted by Crippen LogP contribution is 2.51. The van der Waals surface area contributed by atoms with Crippen LogP contribution in [0.2, 0.25) is 0 Å². The number of carbonyl (C=O) groups excluding carboxylic acids is 7. The Morgan fingerprint density at radius 3 is 2.28 bits per heavy atom. The molecule has 2 aromatic rings. The Kier molecular flexibility index (Phi) is 9.22. The molecule has 6 rings (SSSR count). The van der Waals surface area contributed by atoms with Crippen LogP contribution in [0.15, 0.2) is 36.4 Å². The minimum atomic E-state index is -2.79. The molecule has 4 aliphatic rings. The molecule has 50 heavy (non-hydrogen) atoms. The highest BCUT2D eigenvalue weighted by atomic mass is 16.5. The zero-order chi connectivity index (χ0) is 36.2. The Morgan fingerprint density at radius 1 is 1.02 bits per heavy atom. The monoisotopic (exact) mass is 688 g/mol. The van der Waals surface area contributed by atoms with E-state index in [1.165, 1.54) is 32.2 Å². The number of anilines is 1. The number of nitrogens with one attached hydrogen (secondary N) is 1. The minimum Gasteiger partial charge on any atom is -0.507 e. The van der Waals surface area contributed by atoms with Gasteiger partial charge >= 0.3 is 5.97 Å². The third-order valence-electron chi connectivity index (χ3n) is 10.9. The van der Waals surface area contributed by atoms with E-state index in [9.17, 15) is 43.8 Å². The largest absolute Gasteiger partial charge is 0.507 e. The number of aliphatic hydroxyl groups is 1. The van der Waals surface area contributed by atoms with Gasteiger partial charge in [0, 0.05) is 11.6 Å². The molecule has 2 saturated carbocycles. The molecule has 1 heterocycles. The fourth-order valence-electron chi connectivity index (χ4n) is 8.51. The van der Waals surface area contributed by atoms with Crippen molar-refractivity contribution in [2.75, 3.05) is 46.2 Å². The van der Waals surface area contributed by atoms with Crippen molar-refractivity contribution in [2.24, 2.45) is 35.3 Å². The van der Waals surface area contributed by atoms with Crippen LogP contribution >= 0.6 is 0 Å². The second-order valence-electron chi connectivity index (χ2n) is 14.0. The van der Waals surface area contributed by atoms with E-state index in [1.54, 1.807) is 30.3 Å². The van der Waals surface area contributed by atoms with Gasteiger partial charge in [-0.05, 0) is 93.7 Å². The third-order valence-corrected chi connectivity index (χ3v) is 10.9. The van der Waals surface area contributed by atoms with Gasteiger partial charge in [-0.25, -0.2) is 0 Å². The number of benzene rings is 2. The van der Waals surface area contributed by atoms with E-state index in [1.807, 2.05) is 4.90 Å². The molecule has 14 heteroatoms. The molecule has 0 aromatic heterocycles. The molecule has 3 fully saturated rings. The number of nitrogens with two attached hydrogens (primary N) is 1. The fraction of sp³-hybridized carbons (Fsp3) is 0.472. The number of esters is 1. The molecule has 2 amide bonds. The van der Waals surface area contributed by atoms with Gasteiger partial charge in [-0.1, -0.05) is 18.2 Å². The van der Waals surface area contributed by atoms with Crippen LogP contribution in [0.5, 0.6) is 5.75 Å². The Morgan fingerprint density at radius 2 is 1.68 bits per heavy atom. The second kappa shape index (κ2) is 13.2. The maximum Gasteiger partial charge on any atom is 0.308 e. The van der Waals surface area contributed by atoms with Gasteiger partial charge in [0.1, 0.15) is 5.75 Å². The standard InChI is InChI=1S/C36H40N4O10/c1-39(2)29-23-15-19-14-22-21(17-4-6-20(7-5-17)38-25(42)16-40-12-10-18(11-13-40)35(48)50-3)8-9-24(41)27(22)30(43)26(19)32(45)36(23,49)33(46)28(31(29)44)34(37)47/h4-9,18-19,23,26,28-29,41,49H,10-16H2,1-3H3,(H2,37,47)(H,38,42). The van der Waals surface area contributed by atoms with E-state index in [4.69, 9.17) is 10.5 Å². The first-order valence-electron chi connectivity index (χ1n) is 16.6. The molecule has 6 unspecified atom stereocenters. The van der Waals surface area contributed by atoms with Crippen molar-refractivity contribution in [1.82, 2.24) is 9.80 Å². The van der Waals surface area contributed by atoms with E-state index in [0.717, 1.165) is 0 Å². The predicted molar refractivity (Wildman–Crippen MR) is 177 cm³/mol. The molecule has 2 aromatic carbocycles. The van der Waals surface area contributed by atoms with Crippen molar-refractivity contribution in [3.8, 4) is 16.9 Å². The zero-order valence-corrected chi connectivity index (χ0v) is 28.0. The highest BCUT2D eigenvalue weighted by Gasteiger charge is 2.69. The predicted octanol–water partition coefficient (Wildman–Crippen LogP) is 0.358. The van der Waals surface area contributed by atoms with Crippen molar-refractivity contribution in [2.45, 2.75) is 37.3 Å². The number of amides is 2. The number of Topliss-reactive ketones (excluding diaryl/α,β-unsaturated/α-hetero) is 4. The molecule has 264 valence electrons. The van der Waals surface area contributed by atoms with Crippen molar-refractivity contribution < 1.29 is 48.5 Å². The smallest absolute Gasteiger partial charge is 0.308 e. The van der Waals surface area contributed by atoms with Crippen LogP contribution in [0.3, 0.4) is 0 Å². The van der Waals surface area contributed by atoms with Crippen LogP contribution in [-0.2, 0) is 39.9 Å². The van der Waals surface area contributed by atoms with E-state index in [-0.39, 0.29) is 48.5 Å². The van der Waals surface area contributed by atoms with E-state index in [0.29, 0.717) is 48.3 Å². The number of carbonyl (C=O) groups is 7. The molecule has 14 nitrogen and oxygen atoms in total. The van der Waals surface area contributed by atoms with Crippen molar-refractivity contribution in [3.63, 3.8) is 0 Å². The summed E-state index contributed by atoms with van der Waals surface area (Å²) in [6.07, 6.45) is 1.31. The van der Waals surface area contributed by atoms with Gasteiger partial charge < -0.3 is 26.0 Å². The number of hydrogen-bond acceptors (Lipinski definition) is 12. The van der Waals surface area contributed by atoms with Gasteiger partial charge in [-0.3, -0.25) is 43.4 Å². The number of fused-ring (bicyclic) bond motifs is 3. The molecule has 0 bridgehead atoms. The topological polar surface area (TPSA) is 214 Å². The summed E-state index contributed by atoms with van der Waals surface area (Å²) in [5.41, 5.74) is 4.80. The molecule has 6 atom stereocenters. The average molecular weight is 689 g/mol. The highest BCUT2D eigenvalue weighted by molar-refractivity contribution is 6.32. The number of piperidine rings is 1. The summed E-state index contributed by atoms with van der Waals surface area (Å²) in [4.78, 5) is 95.1. The number of rotatable bonds is 7. The number of likely N-dealkylation sites (N-methyl/N-ethyl adjacent to an activating group) is 1. The van der Waals surface area contributed by atoms with Gasteiger partial charge in [0.2, 0.25) is 11.8 Å². The molecule has 1 saturated heterocycles. The Hall–Kier alpha value is -4.79. The number of aromatic hydroxyl groups is 1. The minimum absolute atomic E-state index is 0.0513. The number of ether oxygens (including phenoxy) is 1. The van der Waals surface area contributed by atoms with Crippen LogP contribution in [0.4, 0.5) is 5.69 Å². The van der Waals surface area contributed by atoms with Crippen molar-refractivity contribution in [3.05, 3.63) is 47.5 Å². The fourth-order valence-corrected chi connectivity index (χ4v) is 8.51. The van der Waals surface area contributed by atoms with E-state index in [2.05, 4.69) is 5.32 Å². The second-order valence-corrected chi connectivity index (χ2v) is 14.0. The molecular formula is C36H40N4O10.